The maximum absolute atomic E-state index is 12.5. The molecule has 2 N–H and O–H groups in total. The molecule has 0 spiro atoms. The second kappa shape index (κ2) is 7.35. The van der Waals surface area contributed by atoms with E-state index in [4.69, 9.17) is 11.6 Å². The quantitative estimate of drug-likeness (QED) is 0.653. The number of sulfonamides is 1. The molecule has 0 aliphatic rings. The molecule has 0 aliphatic heterocycles. The highest BCUT2D eigenvalue weighted by Crippen LogP contribution is 2.26. The zero-order valence-electron chi connectivity index (χ0n) is 14.3. The predicted octanol–water partition coefficient (Wildman–Crippen LogP) is 4.90. The lowest BCUT2D eigenvalue weighted by Crippen LogP contribution is -2.14. The average Bonchev–Trinajstić information content (AvgIpc) is 2.60. The number of nitrogens with one attached hydrogen (secondary N) is 2. The molecule has 0 unspecified atom stereocenters. The number of hydrogen-bond donors (Lipinski definition) is 2. The van der Waals surface area contributed by atoms with Crippen LogP contribution in [0.2, 0.25) is 5.02 Å². The van der Waals surface area contributed by atoms with Gasteiger partial charge in [-0.05, 0) is 55.3 Å². The fraction of sp³-hybridized carbons (Fsp3) is 0.105. The summed E-state index contributed by atoms with van der Waals surface area (Å²) in [7, 11) is -3.66. The Morgan fingerprint density at radius 1 is 0.962 bits per heavy atom. The van der Waals surface area contributed by atoms with Crippen LogP contribution in [-0.4, -0.2) is 13.4 Å². The van der Waals surface area contributed by atoms with E-state index >= 15 is 0 Å². The molecule has 5 nitrogen and oxygen atoms in total. The molecule has 3 aromatic rings. The Morgan fingerprint density at radius 2 is 1.73 bits per heavy atom. The minimum Gasteiger partial charge on any atom is -0.340 e. The van der Waals surface area contributed by atoms with Crippen molar-refractivity contribution in [1.82, 2.24) is 4.98 Å². The van der Waals surface area contributed by atoms with Crippen molar-refractivity contribution in [1.29, 1.82) is 0 Å². The van der Waals surface area contributed by atoms with Crippen LogP contribution in [-0.2, 0) is 10.0 Å². The van der Waals surface area contributed by atoms with Crippen LogP contribution in [0.3, 0.4) is 0 Å². The van der Waals surface area contributed by atoms with E-state index in [9.17, 15) is 8.42 Å². The number of anilines is 3. The van der Waals surface area contributed by atoms with Crippen molar-refractivity contribution in [3.8, 4) is 0 Å². The summed E-state index contributed by atoms with van der Waals surface area (Å²) >= 11 is 6.11. The lowest BCUT2D eigenvalue weighted by molar-refractivity contribution is 0.600. The maximum atomic E-state index is 12.5. The fourth-order valence-electron chi connectivity index (χ4n) is 2.48. The first kappa shape index (κ1) is 18.2. The molecule has 2 aromatic carbocycles. The zero-order valence-corrected chi connectivity index (χ0v) is 15.9. The van der Waals surface area contributed by atoms with Crippen molar-refractivity contribution in [3.05, 3.63) is 76.9 Å². The van der Waals surface area contributed by atoms with Gasteiger partial charge in [0, 0.05) is 10.7 Å². The monoisotopic (exact) mass is 387 g/mol. The molecular weight excluding hydrogens is 370 g/mol. The first-order valence-corrected chi connectivity index (χ1v) is 9.79. The summed E-state index contributed by atoms with van der Waals surface area (Å²) in [5.74, 6) is 0.592. The van der Waals surface area contributed by atoms with Crippen LogP contribution in [0, 0.1) is 13.8 Å². The fourth-order valence-corrected chi connectivity index (χ4v) is 3.94. The Morgan fingerprint density at radius 3 is 2.42 bits per heavy atom. The van der Waals surface area contributed by atoms with Gasteiger partial charge in [-0.25, -0.2) is 13.4 Å². The minimum atomic E-state index is -3.66. The highest BCUT2D eigenvalue weighted by molar-refractivity contribution is 7.92. The van der Waals surface area contributed by atoms with Gasteiger partial charge >= 0.3 is 0 Å². The highest BCUT2D eigenvalue weighted by Gasteiger charge is 2.16. The molecule has 0 fully saturated rings. The van der Waals surface area contributed by atoms with E-state index in [-0.39, 0.29) is 4.90 Å². The summed E-state index contributed by atoms with van der Waals surface area (Å²) < 4.78 is 27.6. The molecule has 0 saturated heterocycles. The smallest absolute Gasteiger partial charge is 0.262 e. The highest BCUT2D eigenvalue weighted by atomic mass is 35.5. The molecule has 3 rings (SSSR count). The number of halogens is 1. The average molecular weight is 388 g/mol. The molecular formula is C19H18ClN3O2S. The summed E-state index contributed by atoms with van der Waals surface area (Å²) in [5.41, 5.74) is 2.84. The van der Waals surface area contributed by atoms with Crippen LogP contribution < -0.4 is 10.0 Å². The van der Waals surface area contributed by atoms with E-state index in [0.29, 0.717) is 22.1 Å². The SMILES string of the molecule is Cc1ccccc1S(=O)(=O)Nc1ccc(Nc2cccc(Cl)c2C)nc1. The number of hydrogen-bond acceptors (Lipinski definition) is 4. The van der Waals surface area contributed by atoms with E-state index in [1.165, 1.54) is 6.20 Å². The molecule has 1 heterocycles. The van der Waals surface area contributed by atoms with Gasteiger partial charge < -0.3 is 5.32 Å². The van der Waals surface area contributed by atoms with Crippen molar-refractivity contribution in [2.75, 3.05) is 10.0 Å². The second-order valence-corrected chi connectivity index (χ2v) is 7.90. The largest absolute Gasteiger partial charge is 0.340 e. The van der Waals surface area contributed by atoms with Gasteiger partial charge in [0.15, 0.2) is 0 Å². The van der Waals surface area contributed by atoms with E-state index in [1.807, 2.05) is 25.1 Å². The van der Waals surface area contributed by atoms with Crippen LogP contribution in [0.1, 0.15) is 11.1 Å². The van der Waals surface area contributed by atoms with Crippen LogP contribution in [0.4, 0.5) is 17.2 Å². The van der Waals surface area contributed by atoms with E-state index in [0.717, 1.165) is 11.3 Å². The zero-order chi connectivity index (χ0) is 18.7. The first-order valence-electron chi connectivity index (χ1n) is 7.93. The van der Waals surface area contributed by atoms with Gasteiger partial charge in [-0.3, -0.25) is 4.72 Å². The van der Waals surface area contributed by atoms with Crippen molar-refractivity contribution in [2.45, 2.75) is 18.7 Å². The Kier molecular flexibility index (Phi) is 5.15. The second-order valence-electron chi connectivity index (χ2n) is 5.84. The normalized spacial score (nSPS) is 11.2. The number of nitrogens with zero attached hydrogens (tertiary/aromatic N) is 1. The third-order valence-electron chi connectivity index (χ3n) is 3.93. The van der Waals surface area contributed by atoms with E-state index in [1.54, 1.807) is 43.3 Å². The Hall–Kier alpha value is -2.57. The van der Waals surface area contributed by atoms with Crippen LogP contribution in [0.25, 0.3) is 0 Å². The van der Waals surface area contributed by atoms with Gasteiger partial charge in [0.25, 0.3) is 10.0 Å². The molecule has 0 radical (unpaired) electrons. The topological polar surface area (TPSA) is 71.1 Å². The molecule has 0 atom stereocenters. The first-order chi connectivity index (χ1) is 12.4. The van der Waals surface area contributed by atoms with Crippen molar-refractivity contribution in [2.24, 2.45) is 0 Å². The third kappa shape index (κ3) is 3.98. The number of aryl methyl sites for hydroxylation is 1. The van der Waals surface area contributed by atoms with Crippen LogP contribution in [0.15, 0.2) is 65.7 Å². The summed E-state index contributed by atoms with van der Waals surface area (Å²) in [6, 6.07) is 15.8. The molecule has 0 aliphatic carbocycles. The van der Waals surface area contributed by atoms with Gasteiger partial charge in [0.05, 0.1) is 16.8 Å². The van der Waals surface area contributed by atoms with Gasteiger partial charge in [0.1, 0.15) is 5.82 Å². The lowest BCUT2D eigenvalue weighted by Gasteiger charge is -2.12. The third-order valence-corrected chi connectivity index (χ3v) is 5.88. The lowest BCUT2D eigenvalue weighted by atomic mass is 10.2. The Labute approximate surface area is 158 Å². The van der Waals surface area contributed by atoms with Gasteiger partial charge in [0.2, 0.25) is 0 Å². The van der Waals surface area contributed by atoms with Crippen molar-refractivity contribution in [3.63, 3.8) is 0 Å². The number of rotatable bonds is 5. The number of pyridine rings is 1. The Balaban J connectivity index is 1.78. The maximum Gasteiger partial charge on any atom is 0.262 e. The molecule has 26 heavy (non-hydrogen) atoms. The van der Waals surface area contributed by atoms with Crippen LogP contribution in [0.5, 0.6) is 0 Å². The summed E-state index contributed by atoms with van der Waals surface area (Å²) in [6.07, 6.45) is 1.47. The molecule has 0 amide bonds. The summed E-state index contributed by atoms with van der Waals surface area (Å²) in [5, 5.41) is 3.84. The summed E-state index contributed by atoms with van der Waals surface area (Å²) in [4.78, 5) is 4.51. The van der Waals surface area contributed by atoms with Crippen molar-refractivity contribution < 1.29 is 8.42 Å². The van der Waals surface area contributed by atoms with Gasteiger partial charge in [-0.2, -0.15) is 0 Å². The molecule has 7 heteroatoms. The molecule has 0 saturated carbocycles. The standard InChI is InChI=1S/C19H18ClN3O2S/c1-13-6-3-4-9-18(13)26(24,25)23-15-10-11-19(21-12-15)22-17-8-5-7-16(20)14(17)2/h3-12,23H,1-2H3,(H,21,22). The molecule has 0 bridgehead atoms. The van der Waals surface area contributed by atoms with E-state index in [2.05, 4.69) is 15.0 Å². The van der Waals surface area contributed by atoms with Crippen LogP contribution >= 0.6 is 11.6 Å². The van der Waals surface area contributed by atoms with E-state index < -0.39 is 10.0 Å². The molecule has 1 aromatic heterocycles. The van der Waals surface area contributed by atoms with Gasteiger partial charge in [-0.1, -0.05) is 35.9 Å². The molecule has 134 valence electrons. The van der Waals surface area contributed by atoms with Crippen molar-refractivity contribution >= 4 is 38.8 Å². The summed E-state index contributed by atoms with van der Waals surface area (Å²) in [6.45, 7) is 3.67. The van der Waals surface area contributed by atoms with Gasteiger partial charge in [-0.15, -0.1) is 0 Å². The number of aromatic nitrogens is 1. The number of benzene rings is 2. The minimum absolute atomic E-state index is 0.247. The predicted molar refractivity (Wildman–Crippen MR) is 106 cm³/mol. The Bertz CT molecular complexity index is 1030.